The van der Waals surface area contributed by atoms with Crippen molar-refractivity contribution >= 4 is 0 Å². The number of hydrogen-bond acceptors (Lipinski definition) is 4. The number of benzene rings is 1. The van der Waals surface area contributed by atoms with E-state index in [9.17, 15) is 4.39 Å². The van der Waals surface area contributed by atoms with Gasteiger partial charge in [-0.15, -0.1) is 0 Å². The van der Waals surface area contributed by atoms with E-state index in [0.29, 0.717) is 17.0 Å². The summed E-state index contributed by atoms with van der Waals surface area (Å²) in [4.78, 5) is 8.18. The summed E-state index contributed by atoms with van der Waals surface area (Å²) in [7, 11) is 3.26. The lowest BCUT2D eigenvalue weighted by Crippen LogP contribution is -2.20. The molecule has 18 heavy (non-hydrogen) atoms. The van der Waals surface area contributed by atoms with Crippen molar-refractivity contribution < 1.29 is 9.13 Å². The SMILES string of the molecule is CNC(c1cnccn1)c1ccc(OC)cc1F. The minimum absolute atomic E-state index is 0.329. The van der Waals surface area contributed by atoms with E-state index in [1.54, 1.807) is 37.8 Å². The molecule has 0 bridgehead atoms. The summed E-state index contributed by atoms with van der Waals surface area (Å²) in [6.07, 6.45) is 4.78. The molecule has 0 aliphatic rings. The second-order valence-corrected chi connectivity index (χ2v) is 3.74. The zero-order valence-electron chi connectivity index (χ0n) is 10.2. The summed E-state index contributed by atoms with van der Waals surface area (Å²) in [5, 5.41) is 3.03. The first-order valence-electron chi connectivity index (χ1n) is 5.53. The third-order valence-electron chi connectivity index (χ3n) is 2.69. The van der Waals surface area contributed by atoms with Crippen LogP contribution >= 0.6 is 0 Å². The molecule has 0 amide bonds. The van der Waals surface area contributed by atoms with Crippen molar-refractivity contribution in [2.75, 3.05) is 14.2 Å². The van der Waals surface area contributed by atoms with Crippen LogP contribution in [0.1, 0.15) is 17.3 Å². The highest BCUT2D eigenvalue weighted by Crippen LogP contribution is 2.25. The van der Waals surface area contributed by atoms with Crippen LogP contribution in [0, 0.1) is 5.82 Å². The van der Waals surface area contributed by atoms with E-state index in [2.05, 4.69) is 15.3 Å². The fourth-order valence-electron chi connectivity index (χ4n) is 1.79. The molecule has 1 aromatic heterocycles. The molecule has 1 aromatic carbocycles. The molecular formula is C13H14FN3O. The van der Waals surface area contributed by atoms with Crippen LogP contribution in [-0.2, 0) is 0 Å². The molecule has 1 atom stereocenters. The summed E-state index contributed by atoms with van der Waals surface area (Å²) >= 11 is 0. The van der Waals surface area contributed by atoms with Crippen molar-refractivity contribution in [3.8, 4) is 5.75 Å². The number of nitrogens with one attached hydrogen (secondary N) is 1. The molecule has 0 radical (unpaired) electrons. The van der Waals surface area contributed by atoms with E-state index in [1.807, 2.05) is 0 Å². The van der Waals surface area contributed by atoms with Gasteiger partial charge in [0.2, 0.25) is 0 Å². The van der Waals surface area contributed by atoms with E-state index < -0.39 is 0 Å². The average Bonchev–Trinajstić information content (AvgIpc) is 2.42. The second kappa shape index (κ2) is 5.55. The topological polar surface area (TPSA) is 47.0 Å². The third kappa shape index (κ3) is 2.46. The molecule has 1 N–H and O–H groups in total. The molecule has 0 spiro atoms. The number of nitrogens with zero attached hydrogens (tertiary/aromatic N) is 2. The van der Waals surface area contributed by atoms with Gasteiger partial charge in [-0.25, -0.2) is 4.39 Å². The molecule has 0 aliphatic carbocycles. The Balaban J connectivity index is 2.39. The van der Waals surface area contributed by atoms with Crippen LogP contribution < -0.4 is 10.1 Å². The standard InChI is InChI=1S/C13H14FN3O/c1-15-13(12-8-16-5-6-17-12)10-4-3-9(18-2)7-11(10)14/h3-8,13,15H,1-2H3. The molecule has 0 fully saturated rings. The zero-order chi connectivity index (χ0) is 13.0. The predicted octanol–water partition coefficient (Wildman–Crippen LogP) is 1.93. The van der Waals surface area contributed by atoms with Crippen LogP contribution in [0.2, 0.25) is 0 Å². The van der Waals surface area contributed by atoms with Gasteiger partial charge in [0, 0.05) is 24.0 Å². The van der Waals surface area contributed by atoms with Gasteiger partial charge < -0.3 is 10.1 Å². The Kier molecular flexibility index (Phi) is 3.84. The number of rotatable bonds is 4. The van der Waals surface area contributed by atoms with E-state index in [1.165, 1.54) is 13.2 Å². The molecule has 0 saturated carbocycles. The van der Waals surface area contributed by atoms with Gasteiger partial charge >= 0.3 is 0 Å². The third-order valence-corrected chi connectivity index (χ3v) is 2.69. The highest BCUT2D eigenvalue weighted by Gasteiger charge is 2.17. The van der Waals surface area contributed by atoms with Gasteiger partial charge in [0.05, 0.1) is 25.0 Å². The molecule has 0 aliphatic heterocycles. The maximum atomic E-state index is 14.0. The average molecular weight is 247 g/mol. The number of methoxy groups -OCH3 is 1. The Morgan fingerprint density at radius 1 is 1.33 bits per heavy atom. The summed E-state index contributed by atoms with van der Waals surface area (Å²) < 4.78 is 19.0. The van der Waals surface area contributed by atoms with E-state index in [-0.39, 0.29) is 11.9 Å². The van der Waals surface area contributed by atoms with Crippen LogP contribution in [0.4, 0.5) is 4.39 Å². The minimum Gasteiger partial charge on any atom is -0.497 e. The van der Waals surface area contributed by atoms with Gasteiger partial charge in [0.1, 0.15) is 11.6 Å². The Morgan fingerprint density at radius 2 is 2.17 bits per heavy atom. The first-order valence-corrected chi connectivity index (χ1v) is 5.53. The minimum atomic E-state index is -0.334. The summed E-state index contributed by atoms with van der Waals surface area (Å²) in [6, 6.07) is 4.43. The molecule has 1 heterocycles. The Labute approximate surface area is 105 Å². The lowest BCUT2D eigenvalue weighted by Gasteiger charge is -2.16. The maximum Gasteiger partial charge on any atom is 0.132 e. The van der Waals surface area contributed by atoms with Crippen molar-refractivity contribution in [2.24, 2.45) is 0 Å². The quantitative estimate of drug-likeness (QED) is 0.896. The molecule has 1 unspecified atom stereocenters. The maximum absolute atomic E-state index is 14.0. The van der Waals surface area contributed by atoms with Crippen molar-refractivity contribution in [3.05, 3.63) is 53.9 Å². The van der Waals surface area contributed by atoms with Crippen LogP contribution in [0.3, 0.4) is 0 Å². The van der Waals surface area contributed by atoms with E-state index >= 15 is 0 Å². The molecule has 5 heteroatoms. The van der Waals surface area contributed by atoms with E-state index in [0.717, 1.165) is 0 Å². The number of aromatic nitrogens is 2. The predicted molar refractivity (Wildman–Crippen MR) is 65.9 cm³/mol. The molecule has 94 valence electrons. The van der Waals surface area contributed by atoms with Crippen molar-refractivity contribution in [1.82, 2.24) is 15.3 Å². The van der Waals surface area contributed by atoms with Crippen LogP contribution in [0.25, 0.3) is 0 Å². The van der Waals surface area contributed by atoms with Gasteiger partial charge in [-0.1, -0.05) is 6.07 Å². The van der Waals surface area contributed by atoms with Gasteiger partial charge in [-0.2, -0.15) is 0 Å². The molecular weight excluding hydrogens is 233 g/mol. The lowest BCUT2D eigenvalue weighted by molar-refractivity contribution is 0.410. The van der Waals surface area contributed by atoms with E-state index in [4.69, 9.17) is 4.74 Å². The van der Waals surface area contributed by atoms with Crippen molar-refractivity contribution in [2.45, 2.75) is 6.04 Å². The second-order valence-electron chi connectivity index (χ2n) is 3.74. The number of halogens is 1. The fourth-order valence-corrected chi connectivity index (χ4v) is 1.79. The normalized spacial score (nSPS) is 12.2. The Morgan fingerprint density at radius 3 is 2.72 bits per heavy atom. The molecule has 4 nitrogen and oxygen atoms in total. The zero-order valence-corrected chi connectivity index (χ0v) is 10.2. The molecule has 2 aromatic rings. The van der Waals surface area contributed by atoms with Gasteiger partial charge in [0.15, 0.2) is 0 Å². The highest BCUT2D eigenvalue weighted by atomic mass is 19.1. The number of hydrogen-bond donors (Lipinski definition) is 1. The summed E-state index contributed by atoms with van der Waals surface area (Å²) in [5.74, 6) is 0.157. The first-order chi connectivity index (χ1) is 8.76. The highest BCUT2D eigenvalue weighted by molar-refractivity contribution is 5.34. The van der Waals surface area contributed by atoms with Crippen molar-refractivity contribution in [3.63, 3.8) is 0 Å². The molecule has 2 rings (SSSR count). The smallest absolute Gasteiger partial charge is 0.132 e. The largest absolute Gasteiger partial charge is 0.497 e. The lowest BCUT2D eigenvalue weighted by atomic mass is 10.0. The van der Waals surface area contributed by atoms with Crippen molar-refractivity contribution in [1.29, 1.82) is 0 Å². The van der Waals surface area contributed by atoms with Gasteiger partial charge in [0.25, 0.3) is 0 Å². The summed E-state index contributed by atoms with van der Waals surface area (Å²) in [5.41, 5.74) is 1.18. The fraction of sp³-hybridized carbons (Fsp3) is 0.231. The van der Waals surface area contributed by atoms with Crippen LogP contribution in [-0.4, -0.2) is 24.1 Å². The van der Waals surface area contributed by atoms with Gasteiger partial charge in [-0.05, 0) is 13.1 Å². The van der Waals surface area contributed by atoms with Crippen LogP contribution in [0.5, 0.6) is 5.75 Å². The Bertz CT molecular complexity index is 519. The monoisotopic (exact) mass is 247 g/mol. The van der Waals surface area contributed by atoms with Crippen LogP contribution in [0.15, 0.2) is 36.8 Å². The number of ether oxygens (including phenoxy) is 1. The Hall–Kier alpha value is -2.01. The first kappa shape index (κ1) is 12.4. The summed E-state index contributed by atoms with van der Waals surface area (Å²) in [6.45, 7) is 0. The molecule has 0 saturated heterocycles. The van der Waals surface area contributed by atoms with Gasteiger partial charge in [-0.3, -0.25) is 9.97 Å².